The van der Waals surface area contributed by atoms with E-state index in [-0.39, 0.29) is 0 Å². The largest absolute Gasteiger partial charge is 0.466 e. The number of hydrogen-bond donors (Lipinski definition) is 0. The summed E-state index contributed by atoms with van der Waals surface area (Å²) in [5, 5.41) is 0. The predicted molar refractivity (Wildman–Crippen MR) is 93.2 cm³/mol. The summed E-state index contributed by atoms with van der Waals surface area (Å²) in [6.45, 7) is 3.53. The minimum atomic E-state index is -0.916. The first-order valence-electron chi connectivity index (χ1n) is 9.03. The molecule has 0 bridgehead atoms. The van der Waals surface area contributed by atoms with Crippen molar-refractivity contribution in [1.29, 1.82) is 0 Å². The van der Waals surface area contributed by atoms with E-state index in [2.05, 4.69) is 11.7 Å². The minimum Gasteiger partial charge on any atom is -0.466 e. The van der Waals surface area contributed by atoms with Gasteiger partial charge in [-0.3, -0.25) is 4.79 Å². The second-order valence-electron chi connectivity index (χ2n) is 5.95. The molecule has 0 saturated heterocycles. The number of hydrogen-bond acceptors (Lipinski definition) is 4. The fraction of sp³-hybridized carbons (Fsp3) is 0.789. The molecule has 1 atom stereocenters. The number of carbonyl (C=O) groups excluding carboxylic acids is 2. The van der Waals surface area contributed by atoms with Crippen LogP contribution < -0.4 is 0 Å². The molecule has 0 unspecified atom stereocenters. The Bertz CT molecular complexity index is 336. The smallest absolute Gasteiger partial charge is 0.351 e. The van der Waals surface area contributed by atoms with Crippen LogP contribution in [0, 0.1) is 0 Å². The summed E-state index contributed by atoms with van der Waals surface area (Å²) in [4.78, 5) is 22.4. The Hall–Kier alpha value is -1.32. The van der Waals surface area contributed by atoms with Crippen molar-refractivity contribution in [3.63, 3.8) is 0 Å². The fourth-order valence-electron chi connectivity index (χ4n) is 2.43. The van der Waals surface area contributed by atoms with Crippen molar-refractivity contribution in [1.82, 2.24) is 0 Å². The van der Waals surface area contributed by atoms with Crippen LogP contribution in [0.3, 0.4) is 0 Å². The van der Waals surface area contributed by atoms with Gasteiger partial charge >= 0.3 is 11.9 Å². The maximum absolute atomic E-state index is 11.4. The second kappa shape index (κ2) is 15.6. The summed E-state index contributed by atoms with van der Waals surface area (Å²) < 4.78 is 9.51. The zero-order chi connectivity index (χ0) is 17.3. The van der Waals surface area contributed by atoms with Gasteiger partial charge in [-0.05, 0) is 18.9 Å². The molecule has 4 heteroatoms. The average molecular weight is 326 g/mol. The molecule has 0 rings (SSSR count). The molecule has 4 nitrogen and oxygen atoms in total. The quantitative estimate of drug-likeness (QED) is 0.257. The van der Waals surface area contributed by atoms with Crippen LogP contribution in [0.15, 0.2) is 12.2 Å². The summed E-state index contributed by atoms with van der Waals surface area (Å²) in [6.07, 6.45) is 16.5. The van der Waals surface area contributed by atoms with Crippen LogP contribution >= 0.6 is 0 Å². The van der Waals surface area contributed by atoms with E-state index in [9.17, 15) is 9.59 Å². The molecule has 0 aliphatic heterocycles. The van der Waals surface area contributed by atoms with Crippen molar-refractivity contribution >= 4 is 11.9 Å². The van der Waals surface area contributed by atoms with Gasteiger partial charge in [0.2, 0.25) is 6.10 Å². The third-order valence-electron chi connectivity index (χ3n) is 3.76. The number of methoxy groups -OCH3 is 1. The van der Waals surface area contributed by atoms with Crippen molar-refractivity contribution in [2.75, 3.05) is 7.11 Å². The van der Waals surface area contributed by atoms with Crippen LogP contribution in [-0.4, -0.2) is 25.2 Å². The van der Waals surface area contributed by atoms with Crippen LogP contribution in [0.25, 0.3) is 0 Å². The van der Waals surface area contributed by atoms with Crippen LogP contribution in [-0.2, 0) is 19.1 Å². The summed E-state index contributed by atoms with van der Waals surface area (Å²) >= 11 is 0. The molecule has 23 heavy (non-hydrogen) atoms. The van der Waals surface area contributed by atoms with Crippen LogP contribution in [0.2, 0.25) is 0 Å². The zero-order valence-electron chi connectivity index (χ0n) is 15.1. The van der Waals surface area contributed by atoms with E-state index in [4.69, 9.17) is 4.74 Å². The number of esters is 2. The van der Waals surface area contributed by atoms with Gasteiger partial charge in [0, 0.05) is 6.92 Å². The summed E-state index contributed by atoms with van der Waals surface area (Å²) in [6, 6.07) is 0. The van der Waals surface area contributed by atoms with E-state index in [0.717, 1.165) is 12.8 Å². The Morgan fingerprint density at radius 3 is 1.91 bits per heavy atom. The normalized spacial score (nSPS) is 12.3. The molecule has 0 aliphatic rings. The Morgan fingerprint density at radius 2 is 1.43 bits per heavy atom. The molecule has 0 aliphatic carbocycles. The maximum Gasteiger partial charge on any atom is 0.351 e. The third kappa shape index (κ3) is 14.0. The van der Waals surface area contributed by atoms with Gasteiger partial charge < -0.3 is 9.47 Å². The van der Waals surface area contributed by atoms with Crippen LogP contribution in [0.4, 0.5) is 0 Å². The second-order valence-corrected chi connectivity index (χ2v) is 5.95. The van der Waals surface area contributed by atoms with Crippen LogP contribution in [0.5, 0.6) is 0 Å². The Labute approximate surface area is 141 Å². The molecule has 0 spiro atoms. The topological polar surface area (TPSA) is 52.6 Å². The van der Waals surface area contributed by atoms with Gasteiger partial charge in [-0.2, -0.15) is 0 Å². The van der Waals surface area contributed by atoms with E-state index in [1.165, 1.54) is 71.8 Å². The summed E-state index contributed by atoms with van der Waals surface area (Å²) in [5.41, 5.74) is 0. The molecule has 0 aromatic heterocycles. The lowest BCUT2D eigenvalue weighted by Crippen LogP contribution is -2.25. The number of rotatable bonds is 14. The molecule has 0 N–H and O–H groups in total. The standard InChI is InChI=1S/C19H34O4/c1-4-5-6-7-8-9-10-11-12-13-14-15-16-18(19(21)22-3)23-17(2)20/h15-16,18H,4-14H2,1-3H3/b16-15+/t18-/m1/s1. The van der Waals surface area contributed by atoms with Gasteiger partial charge in [-0.1, -0.05) is 70.8 Å². The van der Waals surface area contributed by atoms with Crippen molar-refractivity contribution in [2.24, 2.45) is 0 Å². The lowest BCUT2D eigenvalue weighted by molar-refractivity contribution is -0.161. The van der Waals surface area contributed by atoms with Crippen molar-refractivity contribution in [3.05, 3.63) is 12.2 Å². The van der Waals surface area contributed by atoms with E-state index in [0.29, 0.717) is 0 Å². The first-order valence-corrected chi connectivity index (χ1v) is 9.03. The average Bonchev–Trinajstić information content (AvgIpc) is 2.53. The summed E-state index contributed by atoms with van der Waals surface area (Å²) in [5.74, 6) is -1.02. The van der Waals surface area contributed by atoms with Crippen molar-refractivity contribution < 1.29 is 19.1 Å². The first-order chi connectivity index (χ1) is 11.1. The highest BCUT2D eigenvalue weighted by molar-refractivity contribution is 5.80. The van der Waals surface area contributed by atoms with Gasteiger partial charge in [0.05, 0.1) is 7.11 Å². The predicted octanol–water partition coefficient (Wildman–Crippen LogP) is 4.96. The SMILES string of the molecule is CCCCCCCCCCCC/C=C/[C@@H](OC(C)=O)C(=O)OC. The first kappa shape index (κ1) is 21.7. The van der Waals surface area contributed by atoms with Gasteiger partial charge in [-0.15, -0.1) is 0 Å². The van der Waals surface area contributed by atoms with Crippen LogP contribution in [0.1, 0.15) is 84.5 Å². The molecule has 0 fully saturated rings. The molecule has 0 heterocycles. The van der Waals surface area contributed by atoms with Gasteiger partial charge in [0.1, 0.15) is 0 Å². The molecular formula is C19H34O4. The summed E-state index contributed by atoms with van der Waals surface area (Å²) in [7, 11) is 1.29. The Balaban J connectivity index is 3.60. The van der Waals surface area contributed by atoms with Crippen molar-refractivity contribution in [3.8, 4) is 0 Å². The molecule has 134 valence electrons. The highest BCUT2D eigenvalue weighted by Crippen LogP contribution is 2.11. The number of allylic oxidation sites excluding steroid dienone is 1. The number of ether oxygens (including phenoxy) is 2. The lowest BCUT2D eigenvalue weighted by Gasteiger charge is -2.10. The molecule has 0 amide bonds. The number of carbonyl (C=O) groups is 2. The Kier molecular flexibility index (Phi) is 14.7. The highest BCUT2D eigenvalue weighted by Gasteiger charge is 2.18. The minimum absolute atomic E-state index is 0.482. The van der Waals surface area contributed by atoms with E-state index in [1.807, 2.05) is 6.08 Å². The van der Waals surface area contributed by atoms with Gasteiger partial charge in [-0.25, -0.2) is 4.79 Å². The van der Waals surface area contributed by atoms with Gasteiger partial charge in [0.15, 0.2) is 0 Å². The molecule has 0 radical (unpaired) electrons. The molecular weight excluding hydrogens is 292 g/mol. The lowest BCUT2D eigenvalue weighted by atomic mass is 10.1. The van der Waals surface area contributed by atoms with E-state index >= 15 is 0 Å². The zero-order valence-corrected chi connectivity index (χ0v) is 15.1. The molecule has 0 aromatic rings. The van der Waals surface area contributed by atoms with E-state index in [1.54, 1.807) is 6.08 Å². The van der Waals surface area contributed by atoms with E-state index < -0.39 is 18.0 Å². The fourth-order valence-corrected chi connectivity index (χ4v) is 2.43. The monoisotopic (exact) mass is 326 g/mol. The molecule has 0 saturated carbocycles. The van der Waals surface area contributed by atoms with Crippen molar-refractivity contribution in [2.45, 2.75) is 90.6 Å². The third-order valence-corrected chi connectivity index (χ3v) is 3.76. The van der Waals surface area contributed by atoms with Gasteiger partial charge in [0.25, 0.3) is 0 Å². The Morgan fingerprint density at radius 1 is 0.913 bits per heavy atom. The molecule has 0 aromatic carbocycles. The number of unbranched alkanes of at least 4 members (excludes halogenated alkanes) is 10. The highest BCUT2D eigenvalue weighted by atomic mass is 16.6. The maximum atomic E-state index is 11.4.